The molecule has 4 rings (SSSR count). The number of likely N-dealkylation sites (tertiary alicyclic amines) is 1. The molecule has 5 heteroatoms. The van der Waals surface area contributed by atoms with E-state index in [9.17, 15) is 0 Å². The Morgan fingerprint density at radius 2 is 2.00 bits per heavy atom. The minimum Gasteiger partial charge on any atom is -0.360 e. The summed E-state index contributed by atoms with van der Waals surface area (Å²) in [5.74, 6) is 0. The number of nitrogens with one attached hydrogen (secondary N) is 1. The first kappa shape index (κ1) is 18.3. The van der Waals surface area contributed by atoms with E-state index in [0.717, 1.165) is 23.2 Å². The fourth-order valence-corrected chi connectivity index (χ4v) is 5.71. The summed E-state index contributed by atoms with van der Waals surface area (Å²) in [7, 11) is 0. The summed E-state index contributed by atoms with van der Waals surface area (Å²) in [5, 5.41) is 7.77. The van der Waals surface area contributed by atoms with Gasteiger partial charge in [0.25, 0.3) is 0 Å². The van der Waals surface area contributed by atoms with Crippen LogP contribution < -0.4 is 5.32 Å². The van der Waals surface area contributed by atoms with Gasteiger partial charge in [0.1, 0.15) is 0 Å². The molecular formula is C21H28ClN3S. The third kappa shape index (κ3) is 3.51. The highest BCUT2D eigenvalue weighted by Gasteiger charge is 2.39. The molecule has 1 unspecified atom stereocenters. The zero-order valence-electron chi connectivity index (χ0n) is 15.5. The lowest BCUT2D eigenvalue weighted by Gasteiger charge is -2.28. The third-order valence-corrected chi connectivity index (χ3v) is 7.29. The molecule has 1 saturated carbocycles. The maximum Gasteiger partial charge on any atom is 0.182 e. The molecule has 26 heavy (non-hydrogen) atoms. The second-order valence-corrected chi connectivity index (χ2v) is 8.93. The van der Waals surface area contributed by atoms with E-state index in [0.29, 0.717) is 6.04 Å². The Bertz CT molecular complexity index is 721. The van der Waals surface area contributed by atoms with Crippen LogP contribution in [0.1, 0.15) is 56.7 Å². The van der Waals surface area contributed by atoms with Gasteiger partial charge >= 0.3 is 0 Å². The summed E-state index contributed by atoms with van der Waals surface area (Å²) < 4.78 is 0. The predicted octanol–water partition coefficient (Wildman–Crippen LogP) is 5.55. The monoisotopic (exact) mass is 389 g/mol. The Kier molecular flexibility index (Phi) is 5.53. The Hall–Kier alpha value is -1.10. The first-order valence-electron chi connectivity index (χ1n) is 9.91. The third-order valence-electron chi connectivity index (χ3n) is 6.24. The molecule has 1 aliphatic heterocycles. The topological polar surface area (TPSA) is 28.2 Å². The lowest BCUT2D eigenvalue weighted by molar-refractivity contribution is 0.277. The van der Waals surface area contributed by atoms with Crippen molar-refractivity contribution in [3.05, 3.63) is 45.9 Å². The van der Waals surface area contributed by atoms with Gasteiger partial charge in [0.05, 0.1) is 5.69 Å². The molecule has 0 radical (unpaired) electrons. The minimum atomic E-state index is 0.0732. The van der Waals surface area contributed by atoms with Crippen LogP contribution in [-0.2, 0) is 5.41 Å². The molecule has 2 heterocycles. The van der Waals surface area contributed by atoms with Gasteiger partial charge in [-0.3, -0.25) is 4.90 Å². The summed E-state index contributed by atoms with van der Waals surface area (Å²) >= 11 is 7.87. The lowest BCUT2D eigenvalue weighted by atomic mass is 9.76. The van der Waals surface area contributed by atoms with Crippen molar-refractivity contribution >= 4 is 28.1 Å². The molecule has 0 spiro atoms. The Balaban J connectivity index is 1.51. The number of hydrogen-bond acceptors (Lipinski definition) is 4. The number of benzene rings is 1. The molecule has 1 saturated heterocycles. The van der Waals surface area contributed by atoms with Gasteiger partial charge in [0.2, 0.25) is 0 Å². The predicted molar refractivity (Wildman–Crippen MR) is 112 cm³/mol. The summed E-state index contributed by atoms with van der Waals surface area (Å²) in [6.07, 6.45) is 7.54. The molecule has 1 aromatic carbocycles. The zero-order valence-corrected chi connectivity index (χ0v) is 17.1. The number of aromatic nitrogens is 1. The number of thiazole rings is 1. The zero-order chi connectivity index (χ0) is 18.0. The Morgan fingerprint density at radius 3 is 2.73 bits per heavy atom. The highest BCUT2D eigenvalue weighted by Crippen LogP contribution is 2.47. The van der Waals surface area contributed by atoms with Crippen LogP contribution in [0, 0.1) is 0 Å². The number of hydrogen-bond donors (Lipinski definition) is 1. The van der Waals surface area contributed by atoms with Crippen LogP contribution in [0.3, 0.4) is 0 Å². The lowest BCUT2D eigenvalue weighted by Crippen LogP contribution is -2.34. The first-order valence-corrected chi connectivity index (χ1v) is 11.2. The first-order chi connectivity index (χ1) is 12.7. The van der Waals surface area contributed by atoms with Crippen LogP contribution in [-0.4, -0.2) is 35.6 Å². The number of likely N-dealkylation sites (N-methyl/N-ethyl adjacent to an activating group) is 1. The number of nitrogens with zero attached hydrogens (tertiary/aromatic N) is 2. The molecule has 140 valence electrons. The Labute approximate surface area is 165 Å². The molecule has 2 fully saturated rings. The fraction of sp³-hybridized carbons (Fsp3) is 0.571. The highest BCUT2D eigenvalue weighted by atomic mass is 35.5. The van der Waals surface area contributed by atoms with Gasteiger partial charge < -0.3 is 5.32 Å². The molecule has 1 aliphatic carbocycles. The Morgan fingerprint density at radius 1 is 1.23 bits per heavy atom. The van der Waals surface area contributed by atoms with E-state index in [-0.39, 0.29) is 5.41 Å². The van der Waals surface area contributed by atoms with Gasteiger partial charge in [-0.2, -0.15) is 0 Å². The van der Waals surface area contributed by atoms with Gasteiger partial charge in [0.15, 0.2) is 5.13 Å². The van der Waals surface area contributed by atoms with Gasteiger partial charge in [0, 0.05) is 28.4 Å². The van der Waals surface area contributed by atoms with Crippen molar-refractivity contribution < 1.29 is 0 Å². The van der Waals surface area contributed by atoms with Crippen LogP contribution in [0.15, 0.2) is 29.6 Å². The minimum absolute atomic E-state index is 0.0732. The average Bonchev–Trinajstić information content (AvgIpc) is 3.40. The van der Waals surface area contributed by atoms with Crippen LogP contribution in [0.5, 0.6) is 0 Å². The van der Waals surface area contributed by atoms with Crippen LogP contribution in [0.4, 0.5) is 5.13 Å². The van der Waals surface area contributed by atoms with Crippen molar-refractivity contribution in [2.45, 2.75) is 56.9 Å². The number of halogens is 1. The molecule has 1 aromatic heterocycles. The van der Waals surface area contributed by atoms with Crippen molar-refractivity contribution in [2.75, 3.05) is 25.0 Å². The molecule has 2 aliphatic rings. The molecule has 0 bridgehead atoms. The van der Waals surface area contributed by atoms with Crippen LogP contribution in [0.2, 0.25) is 5.02 Å². The summed E-state index contributed by atoms with van der Waals surface area (Å²) in [6, 6.07) is 9.07. The summed E-state index contributed by atoms with van der Waals surface area (Å²) in [5.41, 5.74) is 2.68. The van der Waals surface area contributed by atoms with Crippen molar-refractivity contribution in [1.82, 2.24) is 9.88 Å². The average molecular weight is 390 g/mol. The molecule has 2 aromatic rings. The van der Waals surface area contributed by atoms with Crippen molar-refractivity contribution in [2.24, 2.45) is 0 Å². The van der Waals surface area contributed by atoms with E-state index in [1.807, 2.05) is 12.1 Å². The molecule has 3 nitrogen and oxygen atoms in total. The SMILES string of the molecule is CCN1CCCC1CNc1nc(C2(c3ccc(Cl)cc3)CCCC2)cs1. The van der Waals surface area contributed by atoms with Crippen LogP contribution >= 0.6 is 22.9 Å². The standard InChI is InChI=1S/C21H28ClN3S/c1-2-25-13-5-6-18(25)14-23-20-24-19(15-26-20)21(11-3-4-12-21)16-7-9-17(22)10-8-16/h7-10,15,18H,2-6,11-14H2,1H3,(H,23,24). The van der Waals surface area contributed by atoms with Gasteiger partial charge in [-0.05, 0) is 56.5 Å². The number of anilines is 1. The van der Waals surface area contributed by atoms with E-state index in [2.05, 4.69) is 34.7 Å². The fourth-order valence-electron chi connectivity index (χ4n) is 4.76. The van der Waals surface area contributed by atoms with Crippen molar-refractivity contribution in [3.8, 4) is 0 Å². The van der Waals surface area contributed by atoms with E-state index < -0.39 is 0 Å². The van der Waals surface area contributed by atoms with E-state index in [4.69, 9.17) is 16.6 Å². The van der Waals surface area contributed by atoms with E-state index in [1.54, 1.807) is 11.3 Å². The highest BCUT2D eigenvalue weighted by molar-refractivity contribution is 7.13. The van der Waals surface area contributed by atoms with Gasteiger partial charge in [-0.15, -0.1) is 11.3 Å². The molecule has 1 N–H and O–H groups in total. The maximum absolute atomic E-state index is 6.11. The van der Waals surface area contributed by atoms with Crippen molar-refractivity contribution in [1.29, 1.82) is 0 Å². The maximum atomic E-state index is 6.11. The molecule has 1 atom stereocenters. The second-order valence-electron chi connectivity index (χ2n) is 7.64. The second kappa shape index (κ2) is 7.87. The van der Waals surface area contributed by atoms with Gasteiger partial charge in [-0.1, -0.05) is 43.5 Å². The summed E-state index contributed by atoms with van der Waals surface area (Å²) in [6.45, 7) is 5.66. The normalized spacial score (nSPS) is 22.8. The van der Waals surface area contributed by atoms with Crippen LogP contribution in [0.25, 0.3) is 0 Å². The quantitative estimate of drug-likeness (QED) is 0.701. The molecular weight excluding hydrogens is 362 g/mol. The van der Waals surface area contributed by atoms with E-state index >= 15 is 0 Å². The number of rotatable bonds is 6. The summed E-state index contributed by atoms with van der Waals surface area (Å²) in [4.78, 5) is 7.61. The van der Waals surface area contributed by atoms with E-state index in [1.165, 1.54) is 56.3 Å². The molecule has 0 amide bonds. The smallest absolute Gasteiger partial charge is 0.182 e. The van der Waals surface area contributed by atoms with Gasteiger partial charge in [-0.25, -0.2) is 4.98 Å². The van der Waals surface area contributed by atoms with Crippen molar-refractivity contribution in [3.63, 3.8) is 0 Å². The largest absolute Gasteiger partial charge is 0.360 e.